The van der Waals surface area contributed by atoms with Gasteiger partial charge < -0.3 is 34.3 Å². The van der Waals surface area contributed by atoms with Crippen molar-refractivity contribution >= 4 is 16.4 Å². The Morgan fingerprint density at radius 3 is 1.51 bits per heavy atom. The number of esters is 1. The van der Waals surface area contributed by atoms with Crippen LogP contribution in [-0.2, 0) is 38.3 Å². The molecule has 0 aromatic rings. The predicted octanol–water partition coefficient (Wildman–Crippen LogP) is 12.2. The lowest BCUT2D eigenvalue weighted by molar-refractivity contribution is -0.301. The summed E-state index contributed by atoms with van der Waals surface area (Å²) in [5.74, 6) is -0.423. The van der Waals surface area contributed by atoms with Crippen molar-refractivity contribution in [1.82, 2.24) is 0 Å². The quantitative estimate of drug-likeness (QED) is 0.0197. The third-order valence-electron chi connectivity index (χ3n) is 11.6. The summed E-state index contributed by atoms with van der Waals surface area (Å²) in [5.41, 5.74) is 0. The molecule has 0 saturated carbocycles. The highest BCUT2D eigenvalue weighted by molar-refractivity contribution is 7.80. The van der Waals surface area contributed by atoms with Crippen molar-refractivity contribution in [1.29, 1.82) is 0 Å². The zero-order valence-electron chi connectivity index (χ0n) is 41.7. The Morgan fingerprint density at radius 1 is 0.582 bits per heavy atom. The van der Waals surface area contributed by atoms with Crippen LogP contribution in [0.1, 0.15) is 200 Å². The second kappa shape index (κ2) is 44.7. The molecule has 0 amide bonds. The van der Waals surface area contributed by atoms with Gasteiger partial charge in [-0.25, -0.2) is 4.18 Å². The van der Waals surface area contributed by atoms with E-state index in [4.69, 9.17) is 18.9 Å². The van der Waals surface area contributed by atoms with Crippen LogP contribution in [0.4, 0.5) is 0 Å². The van der Waals surface area contributed by atoms with Crippen LogP contribution in [0, 0.1) is 0 Å². The summed E-state index contributed by atoms with van der Waals surface area (Å²) in [6.45, 7) is 3.86. The van der Waals surface area contributed by atoms with Crippen LogP contribution in [0.15, 0.2) is 72.9 Å². The number of carbonyl (C=O) groups excluding carboxylic acids is 1. The molecule has 1 heterocycles. The molecule has 4 N–H and O–H groups in total. The standard InChI is InChI=1S/C54H94O12S/c1-3-5-7-9-11-13-15-17-19-21-22-23-24-25-26-27-29-31-33-35-37-39-41-43-50(56)64-48(47-63-54-52(58)53(66-67(59,60)61)51(57)49(45-55)65-54)46-62-44-42-40-38-36-34-32-30-28-20-18-16-14-12-10-8-6-4-2/h5,7,11,13,17,19,22-23,25-26,29,31,48-49,51-55,57-58H,3-4,6,8-10,12,14-16,18,20-21,24,27-28,30,32-47H2,1-2H3,(H,59,60,61)/b7-5-,13-11-,19-17-,23-22-,26-25-,31-29-. The fourth-order valence-corrected chi connectivity index (χ4v) is 8.18. The Kier molecular flexibility index (Phi) is 41.8. The maximum atomic E-state index is 12.9. The van der Waals surface area contributed by atoms with Gasteiger partial charge >= 0.3 is 16.4 Å². The van der Waals surface area contributed by atoms with Gasteiger partial charge in [-0.2, -0.15) is 8.42 Å². The highest BCUT2D eigenvalue weighted by atomic mass is 32.3. The lowest BCUT2D eigenvalue weighted by Crippen LogP contribution is -2.60. The molecule has 1 aliphatic rings. The third-order valence-corrected chi connectivity index (χ3v) is 12.1. The van der Waals surface area contributed by atoms with Gasteiger partial charge in [-0.3, -0.25) is 9.35 Å². The van der Waals surface area contributed by atoms with Crippen LogP contribution in [-0.4, -0.2) is 97.5 Å². The second-order valence-electron chi connectivity index (χ2n) is 17.7. The van der Waals surface area contributed by atoms with E-state index in [1.165, 1.54) is 89.9 Å². The normalized spacial score (nSPS) is 20.0. The van der Waals surface area contributed by atoms with E-state index in [1.54, 1.807) is 0 Å². The first-order valence-electron chi connectivity index (χ1n) is 26.2. The van der Waals surface area contributed by atoms with Gasteiger partial charge in [0.2, 0.25) is 0 Å². The molecule has 6 unspecified atom stereocenters. The van der Waals surface area contributed by atoms with E-state index in [1.807, 2.05) is 0 Å². The Labute approximate surface area is 407 Å². The fourth-order valence-electron chi connectivity index (χ4n) is 7.68. The van der Waals surface area contributed by atoms with Crippen molar-refractivity contribution in [3.63, 3.8) is 0 Å². The topological polar surface area (TPSA) is 178 Å². The summed E-state index contributed by atoms with van der Waals surface area (Å²) < 4.78 is 59.3. The molecule has 0 aromatic heterocycles. The lowest BCUT2D eigenvalue weighted by Gasteiger charge is -2.41. The van der Waals surface area contributed by atoms with Gasteiger partial charge in [-0.1, -0.05) is 202 Å². The number of rotatable bonds is 45. The largest absolute Gasteiger partial charge is 0.457 e. The molecule has 0 spiro atoms. The highest BCUT2D eigenvalue weighted by Gasteiger charge is 2.48. The molecular formula is C54H94O12S. The van der Waals surface area contributed by atoms with E-state index >= 15 is 0 Å². The zero-order valence-corrected chi connectivity index (χ0v) is 42.5. The molecular weight excluding hydrogens is 873 g/mol. The van der Waals surface area contributed by atoms with Crippen molar-refractivity contribution in [2.24, 2.45) is 0 Å². The number of hydrogen-bond donors (Lipinski definition) is 4. The van der Waals surface area contributed by atoms with Gasteiger partial charge in [0, 0.05) is 13.0 Å². The minimum atomic E-state index is -5.07. The number of unbranched alkanes of at least 4 members (excludes halogenated alkanes) is 20. The number of aliphatic hydroxyl groups excluding tert-OH is 3. The number of carbonyl (C=O) groups is 1. The first-order chi connectivity index (χ1) is 32.6. The Morgan fingerprint density at radius 2 is 1.03 bits per heavy atom. The number of aliphatic hydroxyl groups is 3. The molecule has 1 rings (SSSR count). The summed E-state index contributed by atoms with van der Waals surface area (Å²) >= 11 is 0. The van der Waals surface area contributed by atoms with Gasteiger partial charge in [0.05, 0.1) is 19.8 Å². The van der Waals surface area contributed by atoms with Crippen LogP contribution in [0.25, 0.3) is 0 Å². The van der Waals surface area contributed by atoms with E-state index in [2.05, 4.69) is 90.9 Å². The monoisotopic (exact) mass is 967 g/mol. The molecule has 0 aromatic carbocycles. The molecule has 0 radical (unpaired) electrons. The number of allylic oxidation sites excluding steroid dienone is 12. The Hall–Kier alpha value is -2.46. The minimum Gasteiger partial charge on any atom is -0.457 e. The van der Waals surface area contributed by atoms with Gasteiger partial charge in [0.1, 0.15) is 30.5 Å². The first-order valence-corrected chi connectivity index (χ1v) is 27.6. The highest BCUT2D eigenvalue weighted by Crippen LogP contribution is 2.26. The molecule has 13 heteroatoms. The van der Waals surface area contributed by atoms with Crippen LogP contribution >= 0.6 is 0 Å². The van der Waals surface area contributed by atoms with Crippen LogP contribution in [0.2, 0.25) is 0 Å². The fraction of sp³-hybridized carbons (Fsp3) is 0.759. The molecule has 0 bridgehead atoms. The molecule has 0 aliphatic carbocycles. The summed E-state index contributed by atoms with van der Waals surface area (Å²) in [7, 11) is -5.07. The van der Waals surface area contributed by atoms with E-state index < -0.39 is 59.8 Å². The summed E-state index contributed by atoms with van der Waals surface area (Å²) in [6, 6.07) is 0. The first kappa shape index (κ1) is 62.6. The maximum absolute atomic E-state index is 12.9. The third kappa shape index (κ3) is 38.0. The maximum Gasteiger partial charge on any atom is 0.397 e. The van der Waals surface area contributed by atoms with E-state index in [0.29, 0.717) is 13.0 Å². The van der Waals surface area contributed by atoms with E-state index in [0.717, 1.165) is 83.5 Å². The molecule has 67 heavy (non-hydrogen) atoms. The molecule has 1 saturated heterocycles. The van der Waals surface area contributed by atoms with E-state index in [-0.39, 0.29) is 19.6 Å². The van der Waals surface area contributed by atoms with Crippen LogP contribution in [0.5, 0.6) is 0 Å². The van der Waals surface area contributed by atoms with Gasteiger partial charge in [-0.05, 0) is 64.2 Å². The van der Waals surface area contributed by atoms with Crippen molar-refractivity contribution in [3.8, 4) is 0 Å². The number of ether oxygens (including phenoxy) is 4. The van der Waals surface area contributed by atoms with Crippen molar-refractivity contribution < 1.29 is 56.2 Å². The SMILES string of the molecule is CC/C=C\C/C=C\C/C=C\C/C=C\C/C=C\C/C=C\CCCCCCC(=O)OC(COCCCCCCCCCCCCCCCCCCC)COC1OC(CO)C(O)C(OS(=O)(=O)O)C1O. The molecule has 6 atom stereocenters. The summed E-state index contributed by atoms with van der Waals surface area (Å²) in [6.07, 6.45) is 49.3. The molecule has 388 valence electrons. The van der Waals surface area contributed by atoms with E-state index in [9.17, 15) is 33.1 Å². The Balaban J connectivity index is 2.38. The van der Waals surface area contributed by atoms with Crippen molar-refractivity contribution in [2.75, 3.05) is 26.4 Å². The predicted molar refractivity (Wildman–Crippen MR) is 271 cm³/mol. The van der Waals surface area contributed by atoms with Crippen molar-refractivity contribution in [3.05, 3.63) is 72.9 Å². The molecule has 1 aliphatic heterocycles. The lowest BCUT2D eigenvalue weighted by atomic mass is 9.99. The van der Waals surface area contributed by atoms with Gasteiger partial charge in [0.15, 0.2) is 6.29 Å². The van der Waals surface area contributed by atoms with Crippen molar-refractivity contribution in [2.45, 2.75) is 237 Å². The zero-order chi connectivity index (χ0) is 48.9. The number of hydrogen-bond acceptors (Lipinski definition) is 11. The Bertz CT molecular complexity index is 1440. The van der Waals surface area contributed by atoms with Crippen LogP contribution < -0.4 is 0 Å². The van der Waals surface area contributed by atoms with Crippen LogP contribution in [0.3, 0.4) is 0 Å². The minimum absolute atomic E-state index is 0.0242. The average molecular weight is 967 g/mol. The second-order valence-corrected chi connectivity index (χ2v) is 18.8. The molecule has 12 nitrogen and oxygen atoms in total. The van der Waals surface area contributed by atoms with Gasteiger partial charge in [0.25, 0.3) is 0 Å². The smallest absolute Gasteiger partial charge is 0.397 e. The summed E-state index contributed by atoms with van der Waals surface area (Å²) in [5, 5.41) is 30.8. The van der Waals surface area contributed by atoms with Gasteiger partial charge in [-0.15, -0.1) is 0 Å². The molecule has 1 fully saturated rings. The summed E-state index contributed by atoms with van der Waals surface area (Å²) in [4.78, 5) is 12.9. The average Bonchev–Trinajstić information content (AvgIpc) is 3.30.